The number of pyridine rings is 1. The van der Waals surface area contributed by atoms with Crippen LogP contribution in [0.4, 0.5) is 10.2 Å². The second-order valence-electron chi connectivity index (χ2n) is 7.41. The Labute approximate surface area is 179 Å². The second kappa shape index (κ2) is 9.43. The molecule has 31 heavy (non-hydrogen) atoms. The van der Waals surface area contributed by atoms with Gasteiger partial charge in [-0.05, 0) is 30.5 Å². The Hall–Kier alpha value is -3.67. The summed E-state index contributed by atoms with van der Waals surface area (Å²) < 4.78 is 19.3. The first kappa shape index (κ1) is 22.0. The maximum Gasteiger partial charge on any atom is 0.290 e. The fourth-order valence-corrected chi connectivity index (χ4v) is 3.94. The molecule has 1 aliphatic heterocycles. The third-order valence-corrected chi connectivity index (χ3v) is 5.65. The zero-order valence-corrected chi connectivity index (χ0v) is 17.1. The molecule has 1 amide bonds. The van der Waals surface area contributed by atoms with Crippen LogP contribution in [0.25, 0.3) is 11.1 Å². The summed E-state index contributed by atoms with van der Waals surface area (Å²) in [5.74, 6) is 0.242. The van der Waals surface area contributed by atoms with Crippen LogP contribution in [0.3, 0.4) is 0 Å². The van der Waals surface area contributed by atoms with E-state index in [4.69, 9.17) is 20.4 Å². The van der Waals surface area contributed by atoms with Crippen molar-refractivity contribution < 1.29 is 23.8 Å². The first-order valence-corrected chi connectivity index (χ1v) is 9.86. The molecule has 4 rings (SSSR count). The first-order valence-electron chi connectivity index (χ1n) is 9.86. The molecule has 1 aromatic carbocycles. The van der Waals surface area contributed by atoms with Gasteiger partial charge in [0.2, 0.25) is 5.91 Å². The molecule has 1 aromatic heterocycles. The predicted octanol–water partition coefficient (Wildman–Crippen LogP) is 2.74. The van der Waals surface area contributed by atoms with Crippen molar-refractivity contribution in [3.63, 3.8) is 0 Å². The number of anilines is 1. The number of nitrogen functional groups attached to an aromatic ring is 1. The van der Waals surface area contributed by atoms with E-state index in [0.29, 0.717) is 36.4 Å². The van der Waals surface area contributed by atoms with Crippen molar-refractivity contribution in [1.29, 1.82) is 5.26 Å². The van der Waals surface area contributed by atoms with Crippen LogP contribution >= 0.6 is 0 Å². The van der Waals surface area contributed by atoms with Crippen LogP contribution in [0.15, 0.2) is 18.2 Å². The number of methoxy groups -OCH3 is 1. The average Bonchev–Trinajstić information content (AvgIpc) is 2.71. The number of amides is 1. The summed E-state index contributed by atoms with van der Waals surface area (Å²) in [5.41, 5.74) is 8.79. The minimum atomic E-state index is -0.472. The number of halogens is 1. The zero-order valence-electron chi connectivity index (χ0n) is 17.1. The van der Waals surface area contributed by atoms with E-state index in [2.05, 4.69) is 11.1 Å². The Bertz CT molecular complexity index is 1050. The highest BCUT2D eigenvalue weighted by Gasteiger charge is 2.33. The molecule has 0 bridgehead atoms. The van der Waals surface area contributed by atoms with Gasteiger partial charge in [-0.2, -0.15) is 5.26 Å². The summed E-state index contributed by atoms with van der Waals surface area (Å²) in [4.78, 5) is 27.3. The molecule has 0 spiro atoms. The van der Waals surface area contributed by atoms with Crippen molar-refractivity contribution in [3.8, 4) is 22.9 Å². The van der Waals surface area contributed by atoms with Gasteiger partial charge in [-0.15, -0.1) is 0 Å². The van der Waals surface area contributed by atoms with Crippen LogP contribution in [0.2, 0.25) is 0 Å². The summed E-state index contributed by atoms with van der Waals surface area (Å²) in [6.45, 7) is 0.674. The van der Waals surface area contributed by atoms with Crippen LogP contribution in [-0.4, -0.2) is 41.0 Å². The summed E-state index contributed by atoms with van der Waals surface area (Å²) in [6.07, 6.45) is 3.51. The van der Waals surface area contributed by atoms with E-state index in [-0.39, 0.29) is 29.7 Å². The quantitative estimate of drug-likeness (QED) is 0.722. The summed E-state index contributed by atoms with van der Waals surface area (Å²) in [5, 5.41) is 16.6. The molecule has 1 saturated carbocycles. The van der Waals surface area contributed by atoms with Crippen molar-refractivity contribution in [2.75, 3.05) is 19.4 Å². The zero-order chi connectivity index (χ0) is 22.5. The van der Waals surface area contributed by atoms with Gasteiger partial charge in [-0.25, -0.2) is 9.37 Å². The van der Waals surface area contributed by atoms with Crippen LogP contribution in [-0.2, 0) is 22.6 Å². The van der Waals surface area contributed by atoms with Gasteiger partial charge in [0.25, 0.3) is 6.47 Å². The SMILES string of the molecule is COc1cc(F)cc(-c2c(C#N)c(N)nc3c2CN(C(=O)C2CCC2)CC3)c1.O=CO. The van der Waals surface area contributed by atoms with Gasteiger partial charge in [0.05, 0.1) is 12.8 Å². The highest BCUT2D eigenvalue weighted by atomic mass is 19.1. The molecule has 162 valence electrons. The fourth-order valence-electron chi connectivity index (χ4n) is 3.94. The molecule has 2 aliphatic rings. The molecule has 2 aromatic rings. The molecular formula is C22H23FN4O4. The molecular weight excluding hydrogens is 403 g/mol. The Kier molecular flexibility index (Phi) is 6.70. The second-order valence-corrected chi connectivity index (χ2v) is 7.41. The number of hydrogen-bond donors (Lipinski definition) is 2. The Morgan fingerprint density at radius 1 is 1.42 bits per heavy atom. The van der Waals surface area contributed by atoms with Gasteiger partial charge in [0.1, 0.15) is 29.0 Å². The molecule has 2 heterocycles. The van der Waals surface area contributed by atoms with Crippen molar-refractivity contribution in [3.05, 3.63) is 40.8 Å². The third kappa shape index (κ3) is 4.43. The van der Waals surface area contributed by atoms with E-state index in [1.54, 1.807) is 6.07 Å². The lowest BCUT2D eigenvalue weighted by atomic mass is 9.83. The first-order chi connectivity index (χ1) is 14.9. The maximum absolute atomic E-state index is 14.2. The third-order valence-electron chi connectivity index (χ3n) is 5.65. The van der Waals surface area contributed by atoms with E-state index in [1.165, 1.54) is 19.2 Å². The molecule has 1 aliphatic carbocycles. The number of nitriles is 1. The lowest BCUT2D eigenvalue weighted by molar-refractivity contribution is -0.139. The molecule has 0 unspecified atom stereocenters. The number of nitrogens with zero attached hydrogens (tertiary/aromatic N) is 3. The smallest absolute Gasteiger partial charge is 0.290 e. The topological polar surface area (TPSA) is 130 Å². The largest absolute Gasteiger partial charge is 0.497 e. The molecule has 8 nitrogen and oxygen atoms in total. The van der Waals surface area contributed by atoms with E-state index in [9.17, 15) is 14.4 Å². The fraction of sp³-hybridized carbons (Fsp3) is 0.364. The van der Waals surface area contributed by atoms with Crippen LogP contribution in [0.1, 0.15) is 36.1 Å². The highest BCUT2D eigenvalue weighted by Crippen LogP contribution is 2.38. The lowest BCUT2D eigenvalue weighted by Gasteiger charge is -2.35. The van der Waals surface area contributed by atoms with E-state index in [1.807, 2.05) is 4.90 Å². The highest BCUT2D eigenvalue weighted by molar-refractivity contribution is 5.83. The monoisotopic (exact) mass is 426 g/mol. The summed E-state index contributed by atoms with van der Waals surface area (Å²) >= 11 is 0. The van der Waals surface area contributed by atoms with Crippen molar-refractivity contribution >= 4 is 18.2 Å². The van der Waals surface area contributed by atoms with Crippen molar-refractivity contribution in [2.24, 2.45) is 5.92 Å². The molecule has 3 N–H and O–H groups in total. The van der Waals surface area contributed by atoms with Gasteiger partial charge in [0, 0.05) is 42.6 Å². The Balaban J connectivity index is 0.000000858. The number of benzene rings is 1. The van der Waals surface area contributed by atoms with E-state index < -0.39 is 5.82 Å². The number of aromatic nitrogens is 1. The number of ether oxygens (including phenoxy) is 1. The number of nitrogens with two attached hydrogens (primary N) is 1. The predicted molar refractivity (Wildman–Crippen MR) is 110 cm³/mol. The maximum atomic E-state index is 14.2. The van der Waals surface area contributed by atoms with Gasteiger partial charge in [-0.3, -0.25) is 9.59 Å². The standard InChI is InChI=1S/C21H21FN4O2.CH2O2/c1-28-15-8-13(7-14(22)9-15)19-16(10-23)20(24)25-18-5-6-26(11-17(18)19)21(27)12-3-2-4-12;2-1-3/h7-9,12H,2-6,11H2,1H3,(H2,24,25);1H,(H,2,3). The van der Waals surface area contributed by atoms with Gasteiger partial charge >= 0.3 is 0 Å². The van der Waals surface area contributed by atoms with Gasteiger partial charge < -0.3 is 20.5 Å². The summed E-state index contributed by atoms with van der Waals surface area (Å²) in [7, 11) is 1.46. The molecule has 0 radical (unpaired) electrons. The van der Waals surface area contributed by atoms with E-state index >= 15 is 0 Å². The lowest BCUT2D eigenvalue weighted by Crippen LogP contribution is -2.42. The number of rotatable bonds is 3. The van der Waals surface area contributed by atoms with Crippen molar-refractivity contribution in [1.82, 2.24) is 9.88 Å². The number of carbonyl (C=O) groups excluding carboxylic acids is 1. The molecule has 9 heteroatoms. The molecule has 0 saturated heterocycles. The Morgan fingerprint density at radius 2 is 2.13 bits per heavy atom. The van der Waals surface area contributed by atoms with Gasteiger partial charge in [-0.1, -0.05) is 6.42 Å². The minimum Gasteiger partial charge on any atom is -0.497 e. The number of carbonyl (C=O) groups is 2. The Morgan fingerprint density at radius 3 is 2.71 bits per heavy atom. The van der Waals surface area contributed by atoms with Crippen LogP contribution < -0.4 is 10.5 Å². The minimum absolute atomic E-state index is 0.0939. The molecule has 1 fully saturated rings. The van der Waals surface area contributed by atoms with E-state index in [0.717, 1.165) is 30.5 Å². The van der Waals surface area contributed by atoms with Crippen molar-refractivity contribution in [2.45, 2.75) is 32.2 Å². The number of hydrogen-bond acceptors (Lipinski definition) is 6. The summed E-state index contributed by atoms with van der Waals surface area (Å²) in [6, 6.07) is 6.41. The number of fused-ring (bicyclic) bond motifs is 1. The van der Waals surface area contributed by atoms with Crippen LogP contribution in [0.5, 0.6) is 5.75 Å². The normalized spacial score (nSPS) is 14.9. The number of carboxylic acid groups (broad SMARTS) is 1. The van der Waals surface area contributed by atoms with Crippen LogP contribution in [0, 0.1) is 23.1 Å². The van der Waals surface area contributed by atoms with Gasteiger partial charge in [0.15, 0.2) is 0 Å². The average molecular weight is 426 g/mol. The molecule has 0 atom stereocenters.